The maximum absolute atomic E-state index is 13.7. The highest BCUT2D eigenvalue weighted by Crippen LogP contribution is 2.27. The Hall–Kier alpha value is -2.72. The molecular formula is C20H14ClF2NO. The molecule has 3 rings (SSSR count). The van der Waals surface area contributed by atoms with Gasteiger partial charge in [-0.3, -0.25) is 4.79 Å². The molecule has 126 valence electrons. The van der Waals surface area contributed by atoms with E-state index in [1.807, 2.05) is 19.1 Å². The first-order valence-electron chi connectivity index (χ1n) is 7.57. The molecule has 3 aromatic carbocycles. The van der Waals surface area contributed by atoms with Crippen molar-refractivity contribution in [1.29, 1.82) is 0 Å². The molecule has 25 heavy (non-hydrogen) atoms. The third kappa shape index (κ3) is 3.86. The second-order valence-electron chi connectivity index (χ2n) is 5.64. The second kappa shape index (κ2) is 7.03. The molecule has 0 aliphatic carbocycles. The Bertz CT molecular complexity index is 956. The topological polar surface area (TPSA) is 29.1 Å². The molecule has 0 radical (unpaired) electrons. The standard InChI is InChI=1S/C20H14ClF2NO/c1-12-3-2-4-13(9-12)20(25)16-7-6-15(11-17(16)21)24-19-8-5-14(22)10-18(19)23/h2-11,24H,1H3. The zero-order chi connectivity index (χ0) is 18.0. The van der Waals surface area contributed by atoms with Gasteiger partial charge in [-0.2, -0.15) is 0 Å². The minimum absolute atomic E-state index is 0.121. The molecule has 0 amide bonds. The lowest BCUT2D eigenvalue weighted by Crippen LogP contribution is -2.03. The molecule has 2 nitrogen and oxygen atoms in total. The minimum atomic E-state index is -0.712. The van der Waals surface area contributed by atoms with Gasteiger partial charge in [-0.25, -0.2) is 8.78 Å². The van der Waals surface area contributed by atoms with Crippen LogP contribution in [0.3, 0.4) is 0 Å². The van der Waals surface area contributed by atoms with Gasteiger partial charge in [0.05, 0.1) is 10.7 Å². The number of nitrogens with one attached hydrogen (secondary N) is 1. The molecule has 0 fully saturated rings. The van der Waals surface area contributed by atoms with E-state index in [1.165, 1.54) is 12.1 Å². The summed E-state index contributed by atoms with van der Waals surface area (Å²) >= 11 is 6.23. The van der Waals surface area contributed by atoms with Crippen LogP contribution in [-0.4, -0.2) is 5.78 Å². The Kier molecular flexibility index (Phi) is 4.81. The monoisotopic (exact) mass is 357 g/mol. The molecule has 0 spiro atoms. The summed E-state index contributed by atoms with van der Waals surface area (Å²) in [5.74, 6) is -1.55. The van der Waals surface area contributed by atoms with Gasteiger partial charge in [0.15, 0.2) is 5.78 Å². The van der Waals surface area contributed by atoms with Crippen LogP contribution in [0.2, 0.25) is 5.02 Å². The fourth-order valence-corrected chi connectivity index (χ4v) is 2.73. The van der Waals surface area contributed by atoms with Crippen LogP contribution in [0.15, 0.2) is 60.7 Å². The van der Waals surface area contributed by atoms with Gasteiger partial charge in [0.2, 0.25) is 0 Å². The number of benzene rings is 3. The largest absolute Gasteiger partial charge is 0.353 e. The summed E-state index contributed by atoms with van der Waals surface area (Å²) in [5.41, 5.74) is 2.50. The first-order chi connectivity index (χ1) is 11.9. The molecule has 0 aliphatic heterocycles. The highest BCUT2D eigenvalue weighted by molar-refractivity contribution is 6.35. The van der Waals surface area contributed by atoms with E-state index in [4.69, 9.17) is 11.6 Å². The predicted molar refractivity (Wildman–Crippen MR) is 95.7 cm³/mol. The summed E-state index contributed by atoms with van der Waals surface area (Å²) in [5, 5.41) is 3.07. The van der Waals surface area contributed by atoms with E-state index in [0.29, 0.717) is 16.8 Å². The van der Waals surface area contributed by atoms with Gasteiger partial charge in [0, 0.05) is 22.9 Å². The molecule has 0 saturated carbocycles. The maximum Gasteiger partial charge on any atom is 0.194 e. The highest BCUT2D eigenvalue weighted by Gasteiger charge is 2.14. The fourth-order valence-electron chi connectivity index (χ4n) is 2.47. The quantitative estimate of drug-likeness (QED) is 0.589. The summed E-state index contributed by atoms with van der Waals surface area (Å²) in [4.78, 5) is 12.6. The third-order valence-corrected chi connectivity index (χ3v) is 4.02. The molecule has 1 N–H and O–H groups in total. The minimum Gasteiger partial charge on any atom is -0.353 e. The third-order valence-electron chi connectivity index (χ3n) is 3.70. The fraction of sp³-hybridized carbons (Fsp3) is 0.0500. The van der Waals surface area contributed by atoms with Crippen LogP contribution in [-0.2, 0) is 0 Å². The number of aryl methyl sites for hydroxylation is 1. The van der Waals surface area contributed by atoms with Crippen LogP contribution in [0, 0.1) is 18.6 Å². The molecule has 0 atom stereocenters. The smallest absolute Gasteiger partial charge is 0.194 e. The van der Waals surface area contributed by atoms with Crippen LogP contribution in [0.1, 0.15) is 21.5 Å². The van der Waals surface area contributed by atoms with Gasteiger partial charge in [-0.15, -0.1) is 0 Å². The second-order valence-corrected chi connectivity index (χ2v) is 6.05. The SMILES string of the molecule is Cc1cccc(C(=O)c2ccc(Nc3ccc(F)cc3F)cc2Cl)c1. The van der Waals surface area contributed by atoms with E-state index < -0.39 is 11.6 Å². The van der Waals surface area contributed by atoms with E-state index in [0.717, 1.165) is 17.7 Å². The Balaban J connectivity index is 1.87. The molecule has 0 unspecified atom stereocenters. The average Bonchev–Trinajstić information content (AvgIpc) is 2.57. The number of carbonyl (C=O) groups excluding carboxylic acids is 1. The van der Waals surface area contributed by atoms with Gasteiger partial charge in [0.1, 0.15) is 11.6 Å². The summed E-state index contributed by atoms with van der Waals surface area (Å²) in [6.07, 6.45) is 0. The van der Waals surface area contributed by atoms with Crippen molar-refractivity contribution in [3.8, 4) is 0 Å². The number of ketones is 1. The van der Waals surface area contributed by atoms with Crippen LogP contribution in [0.4, 0.5) is 20.2 Å². The van der Waals surface area contributed by atoms with Crippen LogP contribution in [0.25, 0.3) is 0 Å². The van der Waals surface area contributed by atoms with Crippen molar-refractivity contribution in [1.82, 2.24) is 0 Å². The van der Waals surface area contributed by atoms with Crippen molar-refractivity contribution < 1.29 is 13.6 Å². The Morgan fingerprint density at radius 1 is 1.00 bits per heavy atom. The van der Waals surface area contributed by atoms with E-state index in [1.54, 1.807) is 24.3 Å². The number of halogens is 3. The number of hydrogen-bond acceptors (Lipinski definition) is 2. The van der Waals surface area contributed by atoms with Crippen molar-refractivity contribution in [2.24, 2.45) is 0 Å². The van der Waals surface area contributed by atoms with Gasteiger partial charge < -0.3 is 5.32 Å². The Morgan fingerprint density at radius 3 is 2.48 bits per heavy atom. The Morgan fingerprint density at radius 2 is 1.80 bits per heavy atom. The lowest BCUT2D eigenvalue weighted by atomic mass is 10.0. The molecule has 0 aliphatic rings. The zero-order valence-corrected chi connectivity index (χ0v) is 14.1. The molecule has 0 bridgehead atoms. The first kappa shape index (κ1) is 17.1. The normalized spacial score (nSPS) is 10.6. The van der Waals surface area contributed by atoms with E-state index >= 15 is 0 Å². The van der Waals surface area contributed by atoms with Gasteiger partial charge in [-0.1, -0.05) is 35.4 Å². The molecule has 0 aromatic heterocycles. The van der Waals surface area contributed by atoms with Crippen molar-refractivity contribution in [3.05, 3.63) is 94.0 Å². The average molecular weight is 358 g/mol. The summed E-state index contributed by atoms with van der Waals surface area (Å²) in [6, 6.07) is 15.2. The molecule has 5 heteroatoms. The zero-order valence-electron chi connectivity index (χ0n) is 13.3. The van der Waals surface area contributed by atoms with Crippen LogP contribution < -0.4 is 5.32 Å². The van der Waals surface area contributed by atoms with Crippen LogP contribution in [0.5, 0.6) is 0 Å². The van der Waals surface area contributed by atoms with Gasteiger partial charge in [-0.05, 0) is 43.3 Å². The highest BCUT2D eigenvalue weighted by atomic mass is 35.5. The van der Waals surface area contributed by atoms with E-state index in [-0.39, 0.29) is 16.5 Å². The van der Waals surface area contributed by atoms with Crippen molar-refractivity contribution in [2.45, 2.75) is 6.92 Å². The molecule has 3 aromatic rings. The van der Waals surface area contributed by atoms with Gasteiger partial charge in [0.25, 0.3) is 0 Å². The van der Waals surface area contributed by atoms with Crippen molar-refractivity contribution in [3.63, 3.8) is 0 Å². The van der Waals surface area contributed by atoms with Crippen molar-refractivity contribution >= 4 is 28.8 Å². The molecular weight excluding hydrogens is 344 g/mol. The number of carbonyl (C=O) groups is 1. The van der Waals surface area contributed by atoms with Gasteiger partial charge >= 0.3 is 0 Å². The first-order valence-corrected chi connectivity index (χ1v) is 7.95. The molecule has 0 saturated heterocycles. The maximum atomic E-state index is 13.7. The summed E-state index contributed by atoms with van der Waals surface area (Å²) in [6.45, 7) is 1.91. The number of hydrogen-bond donors (Lipinski definition) is 1. The van der Waals surface area contributed by atoms with E-state index in [2.05, 4.69) is 5.32 Å². The Labute approximate surface area is 149 Å². The number of rotatable bonds is 4. The number of anilines is 2. The van der Waals surface area contributed by atoms with E-state index in [9.17, 15) is 13.6 Å². The lowest BCUT2D eigenvalue weighted by Gasteiger charge is -2.10. The van der Waals surface area contributed by atoms with Crippen LogP contribution >= 0.6 is 11.6 Å². The molecule has 0 heterocycles. The summed E-state index contributed by atoms with van der Waals surface area (Å²) < 4.78 is 26.7. The predicted octanol–water partition coefficient (Wildman–Crippen LogP) is 5.90. The van der Waals surface area contributed by atoms with Crippen molar-refractivity contribution in [2.75, 3.05) is 5.32 Å². The summed E-state index contributed by atoms with van der Waals surface area (Å²) in [7, 11) is 0. The lowest BCUT2D eigenvalue weighted by molar-refractivity contribution is 0.103.